The maximum Gasteiger partial charge on any atom is 0.223 e. The molecule has 1 amide bonds. The number of aryl methyl sites for hydroxylation is 1. The van der Waals surface area contributed by atoms with Crippen LogP contribution in [0.15, 0.2) is 12.1 Å². The Balaban J connectivity index is -0.000000768. The van der Waals surface area contributed by atoms with Gasteiger partial charge >= 0.3 is 0 Å². The van der Waals surface area contributed by atoms with Gasteiger partial charge in [-0.25, -0.2) is 14.4 Å². The monoisotopic (exact) mass is 551 g/mol. The first kappa shape index (κ1) is 39.7. The topological polar surface area (TPSA) is 111 Å². The van der Waals surface area contributed by atoms with Gasteiger partial charge in [0.1, 0.15) is 0 Å². The van der Waals surface area contributed by atoms with Crippen molar-refractivity contribution in [2.24, 2.45) is 0 Å². The first-order valence-electron chi connectivity index (χ1n) is 12.4. The van der Waals surface area contributed by atoms with Crippen molar-refractivity contribution in [3.8, 4) is 57.1 Å². The molecule has 1 aliphatic rings. The Hall–Kier alpha value is -4.77. The van der Waals surface area contributed by atoms with Crippen LogP contribution >= 0.6 is 0 Å². The quantitative estimate of drug-likeness (QED) is 0.261. The molecule has 2 aromatic heterocycles. The fourth-order valence-corrected chi connectivity index (χ4v) is 3.26. The van der Waals surface area contributed by atoms with Gasteiger partial charge in [-0.2, -0.15) is 4.52 Å². The van der Waals surface area contributed by atoms with Crippen LogP contribution < -0.4 is 15.8 Å². The van der Waals surface area contributed by atoms with Crippen LogP contribution in [0.3, 0.4) is 0 Å². The van der Waals surface area contributed by atoms with Gasteiger partial charge in [0.25, 0.3) is 0 Å². The Bertz CT molecular complexity index is 1150. The molecular formula is C30H42FN7O2. The Kier molecular flexibility index (Phi) is 25.7. The highest BCUT2D eigenvalue weighted by molar-refractivity contribution is 5.93. The van der Waals surface area contributed by atoms with Gasteiger partial charge in [0.2, 0.25) is 12.4 Å². The second-order valence-corrected chi connectivity index (χ2v) is 7.24. The van der Waals surface area contributed by atoms with Gasteiger partial charge in [0.15, 0.2) is 23.0 Å². The minimum Gasteiger partial charge on any atom is -0.494 e. The van der Waals surface area contributed by atoms with E-state index in [0.717, 1.165) is 19.3 Å². The maximum atomic E-state index is 14.0. The molecule has 216 valence electrons. The lowest BCUT2D eigenvalue weighted by atomic mass is 10.2. The molecule has 1 aromatic carbocycles. The number of carbonyl (C=O) groups is 1. The predicted molar refractivity (Wildman–Crippen MR) is 164 cm³/mol. The van der Waals surface area contributed by atoms with Crippen molar-refractivity contribution in [3.05, 3.63) is 23.8 Å². The number of anilines is 1. The zero-order chi connectivity index (χ0) is 31.5. The molecule has 4 rings (SSSR count). The maximum absolute atomic E-state index is 14.0. The number of nitrogens with zero attached hydrogens (tertiary/aromatic N) is 5. The summed E-state index contributed by atoms with van der Waals surface area (Å²) >= 11 is 0. The van der Waals surface area contributed by atoms with Gasteiger partial charge in [0.05, 0.1) is 12.6 Å². The number of carbonyl (C=O) groups excluding carboxylic acids is 1. The number of rotatable bonds is 7. The number of amides is 1. The third kappa shape index (κ3) is 13.2. The first-order valence-corrected chi connectivity index (χ1v) is 12.4. The third-order valence-electron chi connectivity index (χ3n) is 4.91. The fourth-order valence-electron chi connectivity index (χ4n) is 3.26. The Morgan fingerprint density at radius 1 is 1.05 bits per heavy atom. The second-order valence-electron chi connectivity index (χ2n) is 7.24. The van der Waals surface area contributed by atoms with Crippen molar-refractivity contribution in [3.63, 3.8) is 0 Å². The summed E-state index contributed by atoms with van der Waals surface area (Å²) in [6.07, 6.45) is 37.9. The van der Waals surface area contributed by atoms with Gasteiger partial charge in [-0.15, -0.1) is 56.5 Å². The van der Waals surface area contributed by atoms with Crippen LogP contribution in [-0.2, 0) is 11.2 Å². The van der Waals surface area contributed by atoms with Crippen molar-refractivity contribution in [1.82, 2.24) is 29.8 Å². The molecule has 3 N–H and O–H groups in total. The number of methoxy groups -OCH3 is 1. The normalized spacial score (nSPS) is 10.3. The summed E-state index contributed by atoms with van der Waals surface area (Å²) in [5.74, 6) is 0.384. The largest absolute Gasteiger partial charge is 0.494 e. The molecule has 0 atom stereocenters. The molecule has 0 unspecified atom stereocenters. The van der Waals surface area contributed by atoms with Crippen molar-refractivity contribution >= 4 is 28.9 Å². The van der Waals surface area contributed by atoms with Crippen LogP contribution in [0, 0.1) is 57.2 Å². The molecule has 1 saturated heterocycles. The number of nitrogens with one attached hydrogen (secondary N) is 1. The van der Waals surface area contributed by atoms with Crippen LogP contribution in [0.2, 0.25) is 0 Å². The van der Waals surface area contributed by atoms with Gasteiger partial charge in [-0.1, -0.05) is 13.8 Å². The number of benzene rings is 1. The molecule has 0 spiro atoms. The van der Waals surface area contributed by atoms with E-state index >= 15 is 0 Å². The number of aromatic nitrogens is 4. The van der Waals surface area contributed by atoms with Crippen LogP contribution in [-0.4, -0.2) is 64.7 Å². The number of terminal acetylenes is 4. The molecule has 1 fully saturated rings. The van der Waals surface area contributed by atoms with E-state index in [1.54, 1.807) is 11.9 Å². The number of unbranched alkanes of at least 4 members (excludes halogenated alkanes) is 1. The van der Waals surface area contributed by atoms with E-state index < -0.39 is 5.82 Å². The van der Waals surface area contributed by atoms with Crippen LogP contribution in [0.5, 0.6) is 5.75 Å². The van der Waals surface area contributed by atoms with Gasteiger partial charge in [-0.3, -0.25) is 4.79 Å². The highest BCUT2D eigenvalue weighted by Crippen LogP contribution is 2.27. The van der Waals surface area contributed by atoms with E-state index in [0.29, 0.717) is 35.3 Å². The van der Waals surface area contributed by atoms with Gasteiger partial charge in [-0.05, 0) is 44.8 Å². The molecular weight excluding hydrogens is 509 g/mol. The summed E-state index contributed by atoms with van der Waals surface area (Å²) in [6.45, 7) is 7.18. The zero-order valence-corrected chi connectivity index (χ0v) is 24.0. The predicted octanol–water partition coefficient (Wildman–Crippen LogP) is 3.81. The lowest BCUT2D eigenvalue weighted by molar-refractivity contribution is -0.117. The zero-order valence-electron chi connectivity index (χ0n) is 24.0. The number of hydrogen-bond acceptors (Lipinski definition) is 7. The number of fused-ring (bicyclic) bond motifs is 3. The van der Waals surface area contributed by atoms with Gasteiger partial charge in [0, 0.05) is 31.5 Å². The smallest absolute Gasteiger partial charge is 0.223 e. The van der Waals surface area contributed by atoms with Crippen LogP contribution in [0.1, 0.15) is 45.4 Å². The van der Waals surface area contributed by atoms with Crippen molar-refractivity contribution in [2.75, 3.05) is 39.5 Å². The van der Waals surface area contributed by atoms with E-state index in [2.05, 4.69) is 71.8 Å². The minimum absolute atomic E-state index is 0.0998. The van der Waals surface area contributed by atoms with E-state index in [4.69, 9.17) is 10.5 Å². The number of halogens is 1. The summed E-state index contributed by atoms with van der Waals surface area (Å²) in [6, 6.07) is 2.82. The molecule has 10 heteroatoms. The summed E-state index contributed by atoms with van der Waals surface area (Å²) < 4.78 is 20.4. The molecule has 9 nitrogen and oxygen atoms in total. The summed E-state index contributed by atoms with van der Waals surface area (Å²) in [4.78, 5) is 20.9. The Labute approximate surface area is 239 Å². The third-order valence-corrected chi connectivity index (χ3v) is 4.91. The van der Waals surface area contributed by atoms with Crippen molar-refractivity contribution in [2.45, 2.75) is 46.0 Å². The summed E-state index contributed by atoms with van der Waals surface area (Å²) in [5, 5.41) is 8.10. The Morgan fingerprint density at radius 3 is 2.10 bits per heavy atom. The molecule has 40 heavy (non-hydrogen) atoms. The number of nitrogens with two attached hydrogens (primary N) is 1. The second kappa shape index (κ2) is 25.9. The highest BCUT2D eigenvalue weighted by atomic mass is 19.1. The lowest BCUT2D eigenvalue weighted by Crippen LogP contribution is -2.17. The SMILES string of the molecule is C#C.C#C.C#C.C#C.C1CCNC1.CC.COc1cc2nc(N)n3nc(CCCCN(C)C=O)nc3c2cc1F. The van der Waals surface area contributed by atoms with E-state index in [1.165, 1.54) is 49.7 Å². The van der Waals surface area contributed by atoms with Crippen molar-refractivity contribution < 1.29 is 13.9 Å². The molecule has 3 heterocycles. The van der Waals surface area contributed by atoms with Crippen LogP contribution in [0.4, 0.5) is 10.3 Å². The van der Waals surface area contributed by atoms with Crippen LogP contribution in [0.25, 0.3) is 16.6 Å². The average molecular weight is 552 g/mol. The van der Waals surface area contributed by atoms with Gasteiger partial charge < -0.3 is 20.7 Å². The molecule has 3 aromatic rings. The highest BCUT2D eigenvalue weighted by Gasteiger charge is 2.15. The number of hydrogen-bond donors (Lipinski definition) is 2. The molecule has 0 saturated carbocycles. The summed E-state index contributed by atoms with van der Waals surface area (Å²) in [5.41, 5.74) is 6.90. The van der Waals surface area contributed by atoms with E-state index in [-0.39, 0.29) is 11.7 Å². The minimum atomic E-state index is -0.495. The molecule has 0 radical (unpaired) electrons. The lowest BCUT2D eigenvalue weighted by Gasteiger charge is -2.08. The first-order chi connectivity index (χ1) is 19.5. The molecule has 0 aliphatic carbocycles. The molecule has 0 bridgehead atoms. The summed E-state index contributed by atoms with van der Waals surface area (Å²) in [7, 11) is 3.13. The molecule has 1 aliphatic heterocycles. The Morgan fingerprint density at radius 2 is 1.62 bits per heavy atom. The standard InChI is InChI=1S/C16H19FN6O2.C4H9N.C2H6.4C2H2/c1-22(9-24)6-4-3-5-14-20-15-10-7-11(17)13(25-2)8-12(10)19-16(18)23(15)21-14;1-2-4-5-3-1;5*1-2/h7-9H,3-6H2,1-2H3,(H2,18,19);5H,1-4H2;1-2H3;4*1-2H. The number of nitrogen functional groups attached to an aromatic ring is 1. The van der Waals surface area contributed by atoms with E-state index in [1.807, 2.05) is 13.8 Å². The average Bonchev–Trinajstić information content (AvgIpc) is 3.75. The fraction of sp³-hybridized carbons (Fsp3) is 0.400. The van der Waals surface area contributed by atoms with E-state index in [9.17, 15) is 9.18 Å². The van der Waals surface area contributed by atoms with Crippen molar-refractivity contribution in [1.29, 1.82) is 0 Å². The number of ether oxygens (including phenoxy) is 1.